The number of carbonyl (C=O) groups is 1. The van der Waals surface area contributed by atoms with Crippen molar-refractivity contribution in [2.45, 2.75) is 13.8 Å². The minimum Gasteiger partial charge on any atom is -0.494 e. The van der Waals surface area contributed by atoms with Crippen LogP contribution in [0.3, 0.4) is 0 Å². The largest absolute Gasteiger partial charge is 0.494 e. The van der Waals surface area contributed by atoms with Crippen LogP contribution in [-0.2, 0) is 4.79 Å². The number of hydrogen-bond acceptors (Lipinski definition) is 7. The van der Waals surface area contributed by atoms with Gasteiger partial charge in [0, 0.05) is 12.5 Å². The van der Waals surface area contributed by atoms with Crippen molar-refractivity contribution in [2.75, 3.05) is 6.61 Å². The lowest BCUT2D eigenvalue weighted by atomic mass is 10.2. The molecule has 0 bridgehead atoms. The summed E-state index contributed by atoms with van der Waals surface area (Å²) in [5.41, 5.74) is 1.31. The van der Waals surface area contributed by atoms with E-state index < -0.39 is 5.97 Å². The van der Waals surface area contributed by atoms with E-state index >= 15 is 0 Å². The molecule has 0 saturated carbocycles. The van der Waals surface area contributed by atoms with Crippen LogP contribution in [0.2, 0.25) is 0 Å². The molecule has 4 aromatic rings. The van der Waals surface area contributed by atoms with Crippen LogP contribution in [0, 0.1) is 0 Å². The number of fused-ring (bicyclic) bond motifs is 1. The van der Waals surface area contributed by atoms with E-state index in [0.29, 0.717) is 27.7 Å². The summed E-state index contributed by atoms with van der Waals surface area (Å²) in [6.07, 6.45) is 1.73. The second-order valence-electron chi connectivity index (χ2n) is 6.17. The van der Waals surface area contributed by atoms with Gasteiger partial charge in [-0.15, -0.1) is 5.10 Å². The molecule has 0 aliphatic rings. The van der Waals surface area contributed by atoms with E-state index in [4.69, 9.17) is 9.47 Å². The molecule has 0 amide bonds. The van der Waals surface area contributed by atoms with Crippen LogP contribution >= 0.6 is 11.3 Å². The van der Waals surface area contributed by atoms with Gasteiger partial charge in [-0.25, -0.2) is 0 Å². The van der Waals surface area contributed by atoms with Crippen molar-refractivity contribution in [3.8, 4) is 22.9 Å². The maximum Gasteiger partial charge on any atom is 0.308 e. The molecule has 7 nitrogen and oxygen atoms in total. The van der Waals surface area contributed by atoms with Crippen molar-refractivity contribution in [1.29, 1.82) is 0 Å². The molecule has 0 radical (unpaired) electrons. The Hall–Kier alpha value is -3.52. The minimum absolute atomic E-state index is 0.243. The molecule has 4 rings (SSSR count). The fourth-order valence-electron chi connectivity index (χ4n) is 2.81. The molecule has 0 spiro atoms. The third kappa shape index (κ3) is 4.02. The molecule has 0 saturated heterocycles. The quantitative estimate of drug-likeness (QED) is 0.374. The molecule has 0 aliphatic heterocycles. The first kappa shape index (κ1) is 18.8. The Labute approximate surface area is 169 Å². The lowest BCUT2D eigenvalue weighted by Gasteiger charge is -2.02. The van der Waals surface area contributed by atoms with Gasteiger partial charge in [-0.05, 0) is 55.0 Å². The maximum absolute atomic E-state index is 12.7. The second-order valence-corrected chi connectivity index (χ2v) is 7.18. The minimum atomic E-state index is -0.396. The topological polar surface area (TPSA) is 82.8 Å². The highest BCUT2D eigenvalue weighted by molar-refractivity contribution is 7.15. The fourth-order valence-corrected chi connectivity index (χ4v) is 3.72. The van der Waals surface area contributed by atoms with Gasteiger partial charge in [0.15, 0.2) is 5.82 Å². The lowest BCUT2D eigenvalue weighted by Crippen LogP contribution is -2.23. The molecule has 0 atom stereocenters. The van der Waals surface area contributed by atoms with Gasteiger partial charge in [0.05, 0.1) is 11.1 Å². The summed E-state index contributed by atoms with van der Waals surface area (Å²) in [4.78, 5) is 28.8. The second kappa shape index (κ2) is 7.84. The summed E-state index contributed by atoms with van der Waals surface area (Å²) in [6, 6.07) is 14.4. The Bertz CT molecular complexity index is 1290. The predicted octanol–water partition coefficient (Wildman–Crippen LogP) is 2.69. The van der Waals surface area contributed by atoms with Crippen LogP contribution < -0.4 is 19.6 Å². The van der Waals surface area contributed by atoms with Crippen LogP contribution in [0.15, 0.2) is 53.3 Å². The van der Waals surface area contributed by atoms with Gasteiger partial charge in [0.1, 0.15) is 11.5 Å². The summed E-state index contributed by atoms with van der Waals surface area (Å²) in [5.74, 6) is 1.29. The zero-order valence-corrected chi connectivity index (χ0v) is 16.6. The van der Waals surface area contributed by atoms with Crippen molar-refractivity contribution in [3.05, 3.63) is 69.0 Å². The summed E-state index contributed by atoms with van der Waals surface area (Å²) in [7, 11) is 0. The molecule has 0 fully saturated rings. The van der Waals surface area contributed by atoms with Gasteiger partial charge in [-0.3, -0.25) is 9.59 Å². The van der Waals surface area contributed by atoms with Crippen LogP contribution in [0.25, 0.3) is 22.4 Å². The van der Waals surface area contributed by atoms with E-state index in [-0.39, 0.29) is 5.56 Å². The van der Waals surface area contributed by atoms with E-state index in [1.807, 2.05) is 37.3 Å². The van der Waals surface area contributed by atoms with Crippen molar-refractivity contribution in [2.24, 2.45) is 0 Å². The Morgan fingerprint density at radius 3 is 2.66 bits per heavy atom. The highest BCUT2D eigenvalue weighted by Gasteiger charge is 2.12. The molecule has 0 aliphatic carbocycles. The monoisotopic (exact) mass is 407 g/mol. The van der Waals surface area contributed by atoms with E-state index in [2.05, 4.69) is 10.1 Å². The lowest BCUT2D eigenvalue weighted by molar-refractivity contribution is -0.131. The van der Waals surface area contributed by atoms with Crippen LogP contribution in [-0.4, -0.2) is 27.2 Å². The summed E-state index contributed by atoms with van der Waals surface area (Å²) < 4.78 is 12.3. The fraction of sp³-hybridized carbons (Fsp3) is 0.143. The SMILES string of the molecule is CCOc1ccc(-c2nc3sc(=Cc4cccc(OC(C)=O)c4)c(=O)n3n2)cc1. The molecule has 146 valence electrons. The van der Waals surface area contributed by atoms with Gasteiger partial charge in [0.25, 0.3) is 5.56 Å². The number of aromatic nitrogens is 3. The molecular weight excluding hydrogens is 390 g/mol. The van der Waals surface area contributed by atoms with Crippen LogP contribution in [0.4, 0.5) is 0 Å². The van der Waals surface area contributed by atoms with Crippen LogP contribution in [0.1, 0.15) is 19.4 Å². The summed E-state index contributed by atoms with van der Waals surface area (Å²) >= 11 is 1.25. The smallest absolute Gasteiger partial charge is 0.308 e. The number of hydrogen-bond donors (Lipinski definition) is 0. The van der Waals surface area contributed by atoms with Crippen molar-refractivity contribution >= 4 is 28.3 Å². The molecular formula is C21H17N3O4S. The van der Waals surface area contributed by atoms with E-state index in [1.54, 1.807) is 24.3 Å². The first-order valence-corrected chi connectivity index (χ1v) is 9.78. The molecule has 29 heavy (non-hydrogen) atoms. The number of esters is 1. The standard InChI is InChI=1S/C21H17N3O4S/c1-3-27-16-9-7-15(8-10-16)19-22-21-24(23-19)20(26)18(29-21)12-14-5-4-6-17(11-14)28-13(2)25/h4-12H,3H2,1-2H3. The molecule has 2 aromatic carbocycles. The molecule has 0 unspecified atom stereocenters. The zero-order chi connectivity index (χ0) is 20.4. The Morgan fingerprint density at radius 1 is 1.17 bits per heavy atom. The number of ether oxygens (including phenoxy) is 2. The first-order valence-electron chi connectivity index (χ1n) is 8.96. The van der Waals surface area contributed by atoms with Gasteiger partial charge in [-0.2, -0.15) is 9.50 Å². The zero-order valence-electron chi connectivity index (χ0n) is 15.8. The number of benzene rings is 2. The first-order chi connectivity index (χ1) is 14.0. The molecule has 0 N–H and O–H groups in total. The number of rotatable bonds is 5. The van der Waals surface area contributed by atoms with Gasteiger partial charge < -0.3 is 9.47 Å². The average Bonchev–Trinajstić information content (AvgIpc) is 3.22. The summed E-state index contributed by atoms with van der Waals surface area (Å²) in [6.45, 7) is 3.87. The van der Waals surface area contributed by atoms with E-state index in [9.17, 15) is 9.59 Å². The molecule has 2 heterocycles. The van der Waals surface area contributed by atoms with Crippen molar-refractivity contribution < 1.29 is 14.3 Å². The highest BCUT2D eigenvalue weighted by Crippen LogP contribution is 2.20. The Kier molecular flexibility index (Phi) is 5.09. The van der Waals surface area contributed by atoms with Gasteiger partial charge in [-0.1, -0.05) is 23.5 Å². The molecule has 2 aromatic heterocycles. The Balaban J connectivity index is 1.67. The van der Waals surface area contributed by atoms with Gasteiger partial charge >= 0.3 is 5.97 Å². The molecule has 8 heteroatoms. The van der Waals surface area contributed by atoms with E-state index in [1.165, 1.54) is 22.8 Å². The third-order valence-electron chi connectivity index (χ3n) is 4.02. The third-order valence-corrected chi connectivity index (χ3v) is 4.98. The normalized spacial score (nSPS) is 11.7. The average molecular weight is 407 g/mol. The summed E-state index contributed by atoms with van der Waals surface area (Å²) in [5, 5.41) is 4.35. The highest BCUT2D eigenvalue weighted by atomic mass is 32.1. The van der Waals surface area contributed by atoms with Crippen molar-refractivity contribution in [3.63, 3.8) is 0 Å². The number of thiazole rings is 1. The number of carbonyl (C=O) groups excluding carboxylic acids is 1. The van der Waals surface area contributed by atoms with E-state index in [0.717, 1.165) is 16.9 Å². The Morgan fingerprint density at radius 2 is 1.97 bits per heavy atom. The van der Waals surface area contributed by atoms with Gasteiger partial charge in [0.2, 0.25) is 4.96 Å². The predicted molar refractivity (Wildman–Crippen MR) is 110 cm³/mol. The number of nitrogens with zero attached hydrogens (tertiary/aromatic N) is 3. The van der Waals surface area contributed by atoms with Crippen molar-refractivity contribution in [1.82, 2.24) is 14.6 Å². The van der Waals surface area contributed by atoms with Crippen LogP contribution in [0.5, 0.6) is 11.5 Å². The maximum atomic E-state index is 12.7.